The van der Waals surface area contributed by atoms with Crippen molar-refractivity contribution in [2.45, 2.75) is 38.4 Å². The Morgan fingerprint density at radius 2 is 2.20 bits per heavy atom. The van der Waals surface area contributed by atoms with Crippen molar-refractivity contribution in [1.82, 2.24) is 0 Å². The summed E-state index contributed by atoms with van der Waals surface area (Å²) in [5, 5.41) is 9.26. The Hall–Kier alpha value is -0.0800. The molecule has 0 amide bonds. The molecule has 0 aliphatic rings. The normalized spacial score (nSPS) is 16.8. The molecule has 0 aromatic rings. The Balaban J connectivity index is 3.31. The summed E-state index contributed by atoms with van der Waals surface area (Å²) in [5.74, 6) is 0. The first-order valence-electron chi connectivity index (χ1n) is 3.76. The quantitative estimate of drug-likeness (QED) is 0.633. The van der Waals surface area contributed by atoms with Gasteiger partial charge in [0.2, 0.25) is 0 Å². The minimum absolute atomic E-state index is 0.272. The van der Waals surface area contributed by atoms with Crippen molar-refractivity contribution < 1.29 is 9.84 Å². The molecule has 0 aromatic carbocycles. The fourth-order valence-corrected chi connectivity index (χ4v) is 0.756. The Morgan fingerprint density at radius 1 is 1.60 bits per heavy atom. The minimum atomic E-state index is -0.398. The highest BCUT2D eigenvalue weighted by atomic mass is 16.5. The van der Waals surface area contributed by atoms with Crippen LogP contribution < -0.4 is 0 Å². The maximum atomic E-state index is 9.26. The molecule has 0 spiro atoms. The lowest BCUT2D eigenvalue weighted by molar-refractivity contribution is 0.0100. The molecule has 1 radical (unpaired) electrons. The van der Waals surface area contributed by atoms with E-state index in [2.05, 4.69) is 13.8 Å². The third-order valence-corrected chi connectivity index (χ3v) is 1.59. The number of hydrogen-bond acceptors (Lipinski definition) is 2. The van der Waals surface area contributed by atoms with Crippen LogP contribution in [-0.2, 0) is 4.74 Å². The first-order chi connectivity index (χ1) is 4.72. The van der Waals surface area contributed by atoms with Crippen molar-refractivity contribution in [2.24, 2.45) is 0 Å². The lowest BCUT2D eigenvalue weighted by atomic mass is 10.1. The standard InChI is InChI=1S/C8H17O2/c1-4-5-6-8(9)7(2)10-3/h7-9H,2,4-6H2,1,3H3. The summed E-state index contributed by atoms with van der Waals surface area (Å²) in [6.45, 7) is 5.73. The van der Waals surface area contributed by atoms with Gasteiger partial charge in [0.1, 0.15) is 0 Å². The van der Waals surface area contributed by atoms with Crippen molar-refractivity contribution >= 4 is 0 Å². The van der Waals surface area contributed by atoms with Gasteiger partial charge in [0.25, 0.3) is 0 Å². The van der Waals surface area contributed by atoms with E-state index >= 15 is 0 Å². The predicted octanol–water partition coefficient (Wildman–Crippen LogP) is 1.39. The molecule has 0 fully saturated rings. The van der Waals surface area contributed by atoms with E-state index in [4.69, 9.17) is 4.74 Å². The summed E-state index contributed by atoms with van der Waals surface area (Å²) < 4.78 is 4.85. The van der Waals surface area contributed by atoms with Crippen molar-refractivity contribution in [3.63, 3.8) is 0 Å². The van der Waals surface area contributed by atoms with Gasteiger partial charge in [0.05, 0.1) is 12.2 Å². The predicted molar refractivity (Wildman–Crippen MR) is 41.7 cm³/mol. The fourth-order valence-electron chi connectivity index (χ4n) is 0.756. The number of unbranched alkanes of at least 4 members (excludes halogenated alkanes) is 1. The second kappa shape index (κ2) is 5.69. The van der Waals surface area contributed by atoms with Gasteiger partial charge in [-0.3, -0.25) is 0 Å². The largest absolute Gasteiger partial charge is 0.390 e. The summed E-state index contributed by atoms with van der Waals surface area (Å²) in [7, 11) is 1.56. The molecule has 0 saturated heterocycles. The van der Waals surface area contributed by atoms with Crippen LogP contribution in [0.5, 0.6) is 0 Å². The summed E-state index contributed by atoms with van der Waals surface area (Å²) in [6, 6.07) is 0. The van der Waals surface area contributed by atoms with E-state index in [-0.39, 0.29) is 6.10 Å². The van der Waals surface area contributed by atoms with Gasteiger partial charge in [-0.25, -0.2) is 0 Å². The van der Waals surface area contributed by atoms with Crippen LogP contribution in [0.25, 0.3) is 0 Å². The van der Waals surface area contributed by atoms with Gasteiger partial charge in [0, 0.05) is 7.11 Å². The number of aliphatic hydroxyl groups excluding tert-OH is 1. The number of aliphatic hydroxyl groups is 1. The van der Waals surface area contributed by atoms with E-state index in [0.29, 0.717) is 0 Å². The van der Waals surface area contributed by atoms with Gasteiger partial charge >= 0.3 is 0 Å². The van der Waals surface area contributed by atoms with Crippen LogP contribution in [0, 0.1) is 6.92 Å². The summed E-state index contributed by atoms with van der Waals surface area (Å²) in [5.41, 5.74) is 0. The highest BCUT2D eigenvalue weighted by Crippen LogP contribution is 2.05. The van der Waals surface area contributed by atoms with E-state index in [1.165, 1.54) is 0 Å². The molecule has 2 atom stereocenters. The van der Waals surface area contributed by atoms with E-state index in [9.17, 15) is 5.11 Å². The molecule has 2 nitrogen and oxygen atoms in total. The molecular weight excluding hydrogens is 128 g/mol. The molecule has 0 aliphatic heterocycles. The molecule has 61 valence electrons. The zero-order valence-electron chi connectivity index (χ0n) is 6.84. The highest BCUT2D eigenvalue weighted by Gasteiger charge is 2.11. The van der Waals surface area contributed by atoms with Crippen LogP contribution >= 0.6 is 0 Å². The minimum Gasteiger partial charge on any atom is -0.390 e. The molecule has 10 heavy (non-hydrogen) atoms. The maximum Gasteiger partial charge on any atom is 0.0831 e. The van der Waals surface area contributed by atoms with E-state index < -0.39 is 6.10 Å². The van der Waals surface area contributed by atoms with Crippen LogP contribution in [-0.4, -0.2) is 24.4 Å². The van der Waals surface area contributed by atoms with E-state index in [1.807, 2.05) is 0 Å². The molecule has 0 heterocycles. The highest BCUT2D eigenvalue weighted by molar-refractivity contribution is 4.69. The average Bonchev–Trinajstić information content (AvgIpc) is 1.98. The fraction of sp³-hybridized carbons (Fsp3) is 0.875. The SMILES string of the molecule is [CH2]C(OC)C(O)CCCC. The van der Waals surface area contributed by atoms with E-state index in [0.717, 1.165) is 19.3 Å². The molecular formula is C8H17O2. The maximum absolute atomic E-state index is 9.26. The van der Waals surface area contributed by atoms with Crippen molar-refractivity contribution in [2.75, 3.05) is 7.11 Å². The van der Waals surface area contributed by atoms with Gasteiger partial charge in [-0.2, -0.15) is 0 Å². The van der Waals surface area contributed by atoms with Gasteiger partial charge in [-0.15, -0.1) is 0 Å². The Morgan fingerprint density at radius 3 is 2.60 bits per heavy atom. The van der Waals surface area contributed by atoms with Crippen LogP contribution in [0.3, 0.4) is 0 Å². The number of methoxy groups -OCH3 is 1. The third kappa shape index (κ3) is 3.85. The van der Waals surface area contributed by atoms with E-state index in [1.54, 1.807) is 7.11 Å². The number of hydrogen-bond donors (Lipinski definition) is 1. The Kier molecular flexibility index (Phi) is 5.64. The molecule has 1 N–H and O–H groups in total. The summed E-state index contributed by atoms with van der Waals surface area (Å²) >= 11 is 0. The molecule has 2 unspecified atom stereocenters. The Bertz CT molecular complexity index is 73.7. The second-order valence-electron chi connectivity index (χ2n) is 2.48. The number of rotatable bonds is 5. The van der Waals surface area contributed by atoms with Gasteiger partial charge in [-0.05, 0) is 13.3 Å². The van der Waals surface area contributed by atoms with Gasteiger partial charge in [-0.1, -0.05) is 19.8 Å². The molecule has 0 rings (SSSR count). The van der Waals surface area contributed by atoms with Crippen LogP contribution in [0.4, 0.5) is 0 Å². The molecule has 0 bridgehead atoms. The van der Waals surface area contributed by atoms with Crippen LogP contribution in [0.15, 0.2) is 0 Å². The molecule has 2 heteroatoms. The zero-order chi connectivity index (χ0) is 7.98. The van der Waals surface area contributed by atoms with Gasteiger partial charge < -0.3 is 9.84 Å². The van der Waals surface area contributed by atoms with Gasteiger partial charge in [0.15, 0.2) is 0 Å². The molecule has 0 saturated carbocycles. The van der Waals surface area contributed by atoms with Crippen molar-refractivity contribution in [3.8, 4) is 0 Å². The van der Waals surface area contributed by atoms with Crippen molar-refractivity contribution in [3.05, 3.63) is 6.92 Å². The second-order valence-corrected chi connectivity index (χ2v) is 2.48. The smallest absolute Gasteiger partial charge is 0.0831 e. The zero-order valence-corrected chi connectivity index (χ0v) is 6.84. The molecule has 0 aliphatic carbocycles. The Labute approximate surface area is 63.2 Å². The number of ether oxygens (including phenoxy) is 1. The van der Waals surface area contributed by atoms with Crippen LogP contribution in [0.1, 0.15) is 26.2 Å². The topological polar surface area (TPSA) is 29.5 Å². The van der Waals surface area contributed by atoms with Crippen LogP contribution in [0.2, 0.25) is 0 Å². The first-order valence-corrected chi connectivity index (χ1v) is 3.76. The summed E-state index contributed by atoms with van der Waals surface area (Å²) in [6.07, 6.45) is 2.26. The summed E-state index contributed by atoms with van der Waals surface area (Å²) in [4.78, 5) is 0. The first kappa shape index (κ1) is 9.92. The third-order valence-electron chi connectivity index (χ3n) is 1.59. The molecule has 0 aromatic heterocycles. The lowest BCUT2D eigenvalue weighted by Crippen LogP contribution is -2.24. The average molecular weight is 145 g/mol. The monoisotopic (exact) mass is 145 g/mol. The van der Waals surface area contributed by atoms with Crippen molar-refractivity contribution in [1.29, 1.82) is 0 Å². The lowest BCUT2D eigenvalue weighted by Gasteiger charge is -2.16.